The number of hydrogen-bond acceptors (Lipinski definition) is 8. The molecule has 232 valence electrons. The monoisotopic (exact) mass is 593 g/mol. The lowest BCUT2D eigenvalue weighted by atomic mass is 9.79. The average molecular weight is 594 g/mol. The van der Waals surface area contributed by atoms with Gasteiger partial charge in [0.05, 0.1) is 20.3 Å². The molecule has 1 aromatic rings. The lowest BCUT2D eigenvalue weighted by Crippen LogP contribution is -2.46. The maximum Gasteiger partial charge on any atom is 0.500 e. The molecule has 1 amide bonds. The van der Waals surface area contributed by atoms with E-state index in [0.717, 1.165) is 37.0 Å². The van der Waals surface area contributed by atoms with E-state index in [1.807, 2.05) is 45.0 Å². The van der Waals surface area contributed by atoms with Crippen LogP contribution in [0.25, 0.3) is 6.08 Å². The first-order valence-corrected chi connectivity index (χ1v) is 17.2. The van der Waals surface area contributed by atoms with Crippen LogP contribution in [0.15, 0.2) is 30.3 Å². The summed E-state index contributed by atoms with van der Waals surface area (Å²) in [6.45, 7) is 9.14. The summed E-state index contributed by atoms with van der Waals surface area (Å²) in [6, 6.07) is 8.37. The molecule has 1 aromatic carbocycles. The van der Waals surface area contributed by atoms with Gasteiger partial charge in [0, 0.05) is 38.5 Å². The first kappa shape index (κ1) is 34.8. The second-order valence-electron chi connectivity index (χ2n) is 10.2. The molecule has 0 aromatic heterocycles. The van der Waals surface area contributed by atoms with E-state index in [2.05, 4.69) is 10.1 Å². The van der Waals surface area contributed by atoms with E-state index in [9.17, 15) is 9.59 Å². The topological polar surface area (TPSA) is 102 Å². The number of methoxy groups -OCH3 is 1. The summed E-state index contributed by atoms with van der Waals surface area (Å²) >= 11 is 0. The number of carbonyl (C=O) groups excluding carboxylic acids is 2. The summed E-state index contributed by atoms with van der Waals surface area (Å²) in [5.74, 6) is 1.88. The van der Waals surface area contributed by atoms with Gasteiger partial charge < -0.3 is 32.8 Å². The number of ether oxygens (including phenoxy) is 3. The number of nitrogens with one attached hydrogen (secondary N) is 1. The van der Waals surface area contributed by atoms with Crippen molar-refractivity contribution in [1.82, 2.24) is 5.32 Å². The molecule has 0 aliphatic heterocycles. The molecule has 1 N–H and O–H groups in total. The van der Waals surface area contributed by atoms with Crippen LogP contribution in [0.5, 0.6) is 5.75 Å². The minimum absolute atomic E-state index is 0.363. The maximum atomic E-state index is 12.1. The first-order valence-electron chi connectivity index (χ1n) is 15.2. The number of amides is 1. The van der Waals surface area contributed by atoms with E-state index < -0.39 is 8.80 Å². The Morgan fingerprint density at radius 1 is 0.878 bits per heavy atom. The van der Waals surface area contributed by atoms with E-state index in [1.54, 1.807) is 6.08 Å². The Bertz CT molecular complexity index is 870. The van der Waals surface area contributed by atoms with Crippen LogP contribution in [0.1, 0.15) is 77.7 Å². The summed E-state index contributed by atoms with van der Waals surface area (Å²) in [5, 5.41) is 2.83. The average Bonchev–Trinajstić information content (AvgIpc) is 2.98. The molecule has 0 atom stereocenters. The van der Waals surface area contributed by atoms with Crippen LogP contribution in [0.4, 0.5) is 4.79 Å². The molecule has 0 saturated heterocycles. The predicted molar refractivity (Wildman–Crippen MR) is 162 cm³/mol. The molecule has 1 aliphatic carbocycles. The number of hydrogen-bond donors (Lipinski definition) is 1. The van der Waals surface area contributed by atoms with Crippen LogP contribution in [-0.4, -0.2) is 67.6 Å². The number of carbonyl (C=O) groups is 2. The molecule has 2 rings (SSSR count). The van der Waals surface area contributed by atoms with E-state index in [0.29, 0.717) is 57.5 Å². The zero-order valence-corrected chi connectivity index (χ0v) is 26.5. The SMILES string of the molecule is CCO[Si](CCCNC(=O)OCCC[C@H]1CC[C@H](CCOc2ccc(C=CC(=O)OC)cc2)CC1)(OCC)OCC. The highest BCUT2D eigenvalue weighted by Gasteiger charge is 2.39. The van der Waals surface area contributed by atoms with Gasteiger partial charge in [-0.1, -0.05) is 37.8 Å². The van der Waals surface area contributed by atoms with Crippen molar-refractivity contribution < 1.29 is 37.1 Å². The Morgan fingerprint density at radius 2 is 1.49 bits per heavy atom. The third-order valence-electron chi connectivity index (χ3n) is 7.27. The summed E-state index contributed by atoms with van der Waals surface area (Å²) < 4.78 is 33.5. The minimum atomic E-state index is -2.67. The van der Waals surface area contributed by atoms with Crippen LogP contribution in [-0.2, 0) is 27.5 Å². The molecule has 0 spiro atoms. The maximum absolute atomic E-state index is 12.1. The molecule has 0 heterocycles. The van der Waals surface area contributed by atoms with Crippen molar-refractivity contribution in [2.75, 3.05) is 46.7 Å². The standard InChI is InChI=1S/C31H51NO8Si/c1-5-38-41(39-6-2,40-7-3)25-9-22-32-31(34)37-23-8-10-26-11-13-28(14-12-26)21-24-36-29-18-15-27(16-19-29)17-20-30(33)35-4/h15-20,26,28H,5-14,21-25H2,1-4H3,(H,32,34)/t26-,28-. The zero-order chi connectivity index (χ0) is 29.8. The molecule has 1 aliphatic rings. The highest BCUT2D eigenvalue weighted by atomic mass is 28.4. The van der Waals surface area contributed by atoms with Gasteiger partial charge in [-0.3, -0.25) is 0 Å². The number of alkyl carbamates (subject to hydrolysis) is 1. The predicted octanol–water partition coefficient (Wildman–Crippen LogP) is 6.39. The van der Waals surface area contributed by atoms with E-state index >= 15 is 0 Å². The highest BCUT2D eigenvalue weighted by Crippen LogP contribution is 2.33. The van der Waals surface area contributed by atoms with Gasteiger partial charge in [-0.05, 0) is 82.1 Å². The Morgan fingerprint density at radius 3 is 2.07 bits per heavy atom. The molecule has 0 bridgehead atoms. The van der Waals surface area contributed by atoms with Crippen LogP contribution in [0.2, 0.25) is 6.04 Å². The first-order chi connectivity index (χ1) is 19.9. The van der Waals surface area contributed by atoms with Crippen LogP contribution >= 0.6 is 0 Å². The minimum Gasteiger partial charge on any atom is -0.494 e. The van der Waals surface area contributed by atoms with Crippen molar-refractivity contribution in [2.24, 2.45) is 11.8 Å². The molecule has 9 nitrogen and oxygen atoms in total. The molecule has 0 radical (unpaired) electrons. The van der Waals surface area contributed by atoms with Gasteiger partial charge in [-0.25, -0.2) is 9.59 Å². The molecular weight excluding hydrogens is 542 g/mol. The van der Waals surface area contributed by atoms with Gasteiger partial charge >= 0.3 is 20.9 Å². The van der Waals surface area contributed by atoms with Crippen molar-refractivity contribution in [1.29, 1.82) is 0 Å². The van der Waals surface area contributed by atoms with Crippen LogP contribution in [0, 0.1) is 11.8 Å². The fourth-order valence-corrected chi connectivity index (χ4v) is 7.76. The Labute approximate surface area is 247 Å². The van der Waals surface area contributed by atoms with Crippen molar-refractivity contribution in [3.63, 3.8) is 0 Å². The molecule has 1 saturated carbocycles. The fraction of sp³-hybridized carbons (Fsp3) is 0.677. The van der Waals surface area contributed by atoms with Crippen molar-refractivity contribution in [2.45, 2.75) is 78.2 Å². The molecular formula is C31H51NO8Si. The van der Waals surface area contributed by atoms with Gasteiger partial charge in [0.15, 0.2) is 0 Å². The third kappa shape index (κ3) is 14.4. The Hall–Kier alpha value is -2.40. The fourth-order valence-electron chi connectivity index (χ4n) is 5.14. The lowest BCUT2D eigenvalue weighted by Gasteiger charge is -2.28. The summed E-state index contributed by atoms with van der Waals surface area (Å²) in [6.07, 6.45) is 11.4. The molecule has 41 heavy (non-hydrogen) atoms. The number of rotatable bonds is 20. The summed E-state index contributed by atoms with van der Waals surface area (Å²) in [5.41, 5.74) is 0.925. The Balaban J connectivity index is 1.52. The van der Waals surface area contributed by atoms with E-state index in [-0.39, 0.29) is 12.1 Å². The van der Waals surface area contributed by atoms with Gasteiger partial charge in [-0.15, -0.1) is 0 Å². The van der Waals surface area contributed by atoms with Crippen LogP contribution in [0.3, 0.4) is 0 Å². The van der Waals surface area contributed by atoms with Gasteiger partial charge in [0.1, 0.15) is 5.75 Å². The van der Waals surface area contributed by atoms with Crippen molar-refractivity contribution in [3.8, 4) is 5.75 Å². The third-order valence-corrected chi connectivity index (χ3v) is 10.4. The van der Waals surface area contributed by atoms with Gasteiger partial charge in [-0.2, -0.15) is 0 Å². The molecule has 0 unspecified atom stereocenters. The smallest absolute Gasteiger partial charge is 0.494 e. The zero-order valence-electron chi connectivity index (χ0n) is 25.5. The van der Waals surface area contributed by atoms with E-state index in [1.165, 1.54) is 38.9 Å². The molecule has 10 heteroatoms. The summed E-state index contributed by atoms with van der Waals surface area (Å²) in [4.78, 5) is 23.3. The number of esters is 1. The van der Waals surface area contributed by atoms with Gasteiger partial charge in [0.2, 0.25) is 0 Å². The van der Waals surface area contributed by atoms with Crippen LogP contribution < -0.4 is 10.1 Å². The second kappa shape index (κ2) is 20.5. The van der Waals surface area contributed by atoms with E-state index in [4.69, 9.17) is 22.8 Å². The van der Waals surface area contributed by atoms with Crippen molar-refractivity contribution >= 4 is 26.9 Å². The Kier molecular flexibility index (Phi) is 17.4. The summed E-state index contributed by atoms with van der Waals surface area (Å²) in [7, 11) is -1.31. The quantitative estimate of drug-likeness (QED) is 0.0803. The highest BCUT2D eigenvalue weighted by molar-refractivity contribution is 6.60. The lowest BCUT2D eigenvalue weighted by molar-refractivity contribution is -0.134. The second-order valence-corrected chi connectivity index (χ2v) is 13.0. The van der Waals surface area contributed by atoms with Gasteiger partial charge in [0.25, 0.3) is 0 Å². The number of benzene rings is 1. The molecule has 1 fully saturated rings. The van der Waals surface area contributed by atoms with Crippen molar-refractivity contribution in [3.05, 3.63) is 35.9 Å². The largest absolute Gasteiger partial charge is 0.500 e. The normalized spacial score (nSPS) is 17.4.